The molecule has 0 radical (unpaired) electrons. The van der Waals surface area contributed by atoms with Gasteiger partial charge in [-0.15, -0.1) is 0 Å². The number of rotatable bonds is 2. The van der Waals surface area contributed by atoms with Crippen LogP contribution in [0, 0.1) is 0 Å². The van der Waals surface area contributed by atoms with Crippen LogP contribution in [0.25, 0.3) is 0 Å². The van der Waals surface area contributed by atoms with Crippen molar-refractivity contribution in [1.82, 2.24) is 0 Å². The Labute approximate surface area is 70.3 Å². The Kier molecular flexibility index (Phi) is 2.43. The van der Waals surface area contributed by atoms with Gasteiger partial charge in [-0.05, 0) is 12.1 Å². The van der Waals surface area contributed by atoms with Crippen LogP contribution in [-0.4, -0.2) is 14.4 Å². The fraction of sp³-hybridized carbons (Fsp3) is 0. The van der Waals surface area contributed by atoms with Crippen molar-refractivity contribution in [2.24, 2.45) is 0 Å². The predicted octanol–water partition coefficient (Wildman–Crippen LogP) is 0.806. The Balaban J connectivity index is 3.25. The van der Waals surface area contributed by atoms with Gasteiger partial charge < -0.3 is 0 Å². The fourth-order valence-corrected chi connectivity index (χ4v) is 1.54. The van der Waals surface area contributed by atoms with Gasteiger partial charge in [0.05, 0.1) is 4.90 Å². The van der Waals surface area contributed by atoms with Crippen molar-refractivity contribution in [3.63, 3.8) is 0 Å². The third-order valence-electron chi connectivity index (χ3n) is 1.28. The maximum atomic E-state index is 11.1. The third-order valence-corrected chi connectivity index (χ3v) is 2.61. The molecule has 12 heavy (non-hydrogen) atoms. The molecule has 0 saturated carbocycles. The van der Waals surface area contributed by atoms with Gasteiger partial charge in [-0.25, -0.2) is 13.2 Å². The Hall–Kier alpha value is -1.38. The lowest BCUT2D eigenvalue weighted by atomic mass is 10.4. The molecule has 4 heteroatoms. The summed E-state index contributed by atoms with van der Waals surface area (Å²) >= 11 is 0. The third kappa shape index (κ3) is 1.81. The largest absolute Gasteiger partial charge is 0.233 e. The molecule has 0 fully saturated rings. The zero-order valence-corrected chi connectivity index (χ0v) is 6.91. The quantitative estimate of drug-likeness (QED) is 0.636. The highest BCUT2D eigenvalue weighted by molar-refractivity contribution is 7.94. The van der Waals surface area contributed by atoms with Crippen molar-refractivity contribution in [2.45, 2.75) is 4.90 Å². The Morgan fingerprint density at radius 3 is 2.25 bits per heavy atom. The van der Waals surface area contributed by atoms with E-state index < -0.39 is 9.84 Å². The van der Waals surface area contributed by atoms with Crippen LogP contribution in [-0.2, 0) is 14.6 Å². The van der Waals surface area contributed by atoms with Crippen molar-refractivity contribution < 1.29 is 13.2 Å². The zero-order valence-electron chi connectivity index (χ0n) is 6.10. The van der Waals surface area contributed by atoms with E-state index in [1.165, 1.54) is 18.1 Å². The molecule has 0 aliphatic heterocycles. The molecule has 0 atom stereocenters. The van der Waals surface area contributed by atoms with E-state index >= 15 is 0 Å². The van der Waals surface area contributed by atoms with Gasteiger partial charge in [0.25, 0.3) is 0 Å². The van der Waals surface area contributed by atoms with Gasteiger partial charge in [0.2, 0.25) is 9.84 Å². The minimum absolute atomic E-state index is 0.105. The number of hydrogen-bond donors (Lipinski definition) is 0. The average Bonchev–Trinajstić information content (AvgIpc) is 2.06. The van der Waals surface area contributed by atoms with Gasteiger partial charge in [-0.1, -0.05) is 18.2 Å². The number of hydrogen-bond acceptors (Lipinski definition) is 3. The molecule has 3 nitrogen and oxygen atoms in total. The summed E-state index contributed by atoms with van der Waals surface area (Å²) in [6.07, 6.45) is 0. The average molecular weight is 182 g/mol. The van der Waals surface area contributed by atoms with Crippen molar-refractivity contribution in [2.75, 3.05) is 0 Å². The van der Waals surface area contributed by atoms with E-state index in [1.54, 1.807) is 18.2 Å². The SMILES string of the molecule is O=C=CS(=O)(=O)c1ccccc1. The first kappa shape index (κ1) is 8.71. The van der Waals surface area contributed by atoms with E-state index in [0.29, 0.717) is 5.41 Å². The summed E-state index contributed by atoms with van der Waals surface area (Å²) < 4.78 is 22.2. The van der Waals surface area contributed by atoms with Gasteiger partial charge >= 0.3 is 0 Å². The van der Waals surface area contributed by atoms with Crippen LogP contribution in [0.2, 0.25) is 0 Å². The minimum Gasteiger partial charge on any atom is -0.233 e. The molecule has 0 N–H and O–H groups in total. The van der Waals surface area contributed by atoms with E-state index in [9.17, 15) is 13.2 Å². The first-order valence-electron chi connectivity index (χ1n) is 3.18. The molecule has 0 amide bonds. The molecule has 62 valence electrons. The standard InChI is InChI=1S/C8H6O3S/c9-6-7-12(10,11)8-4-2-1-3-5-8/h1-5,7H. The highest BCUT2D eigenvalue weighted by Crippen LogP contribution is 2.09. The number of benzene rings is 1. The summed E-state index contributed by atoms with van der Waals surface area (Å²) in [4.78, 5) is 9.94. The van der Waals surface area contributed by atoms with Gasteiger partial charge in [0, 0.05) is 0 Å². The van der Waals surface area contributed by atoms with Crippen molar-refractivity contribution >= 4 is 15.8 Å². The highest BCUT2D eigenvalue weighted by atomic mass is 32.2. The highest BCUT2D eigenvalue weighted by Gasteiger charge is 2.08. The molecular formula is C8H6O3S. The van der Waals surface area contributed by atoms with E-state index in [4.69, 9.17) is 0 Å². The second kappa shape index (κ2) is 3.34. The van der Waals surface area contributed by atoms with Crippen LogP contribution < -0.4 is 0 Å². The summed E-state index contributed by atoms with van der Waals surface area (Å²) in [5.74, 6) is 1.24. The molecule has 0 aliphatic rings. The summed E-state index contributed by atoms with van der Waals surface area (Å²) in [7, 11) is -3.56. The topological polar surface area (TPSA) is 51.2 Å². The lowest BCUT2D eigenvalue weighted by Crippen LogP contribution is -1.95. The van der Waals surface area contributed by atoms with E-state index in [2.05, 4.69) is 0 Å². The lowest BCUT2D eigenvalue weighted by molar-refractivity contribution is 0.568. The van der Waals surface area contributed by atoms with Crippen molar-refractivity contribution in [3.8, 4) is 0 Å². The summed E-state index contributed by atoms with van der Waals surface area (Å²) in [5, 5.41) is 0.516. The second-order valence-corrected chi connectivity index (χ2v) is 3.89. The van der Waals surface area contributed by atoms with E-state index in [0.717, 1.165) is 0 Å². The maximum Gasteiger partial charge on any atom is 0.210 e. The second-order valence-electron chi connectivity index (χ2n) is 2.09. The number of carbonyl (C=O) groups excluding carboxylic acids is 1. The van der Waals surface area contributed by atoms with Gasteiger partial charge in [-0.2, -0.15) is 0 Å². The normalized spacial score (nSPS) is 10.3. The molecule has 1 rings (SSSR count). The maximum absolute atomic E-state index is 11.1. The first-order valence-corrected chi connectivity index (χ1v) is 4.72. The molecule has 0 aromatic heterocycles. The molecule has 1 aromatic carbocycles. The summed E-state index contributed by atoms with van der Waals surface area (Å²) in [6.45, 7) is 0. The zero-order chi connectivity index (χ0) is 9.03. The van der Waals surface area contributed by atoms with Crippen LogP contribution in [0.3, 0.4) is 0 Å². The molecule has 1 aromatic rings. The number of sulfone groups is 1. The Morgan fingerprint density at radius 1 is 1.17 bits per heavy atom. The van der Waals surface area contributed by atoms with E-state index in [1.807, 2.05) is 0 Å². The lowest BCUT2D eigenvalue weighted by Gasteiger charge is -1.94. The molecule has 0 unspecified atom stereocenters. The van der Waals surface area contributed by atoms with Crippen molar-refractivity contribution in [3.05, 3.63) is 35.7 Å². The first-order chi connectivity index (χ1) is 5.67. The molecule has 0 bridgehead atoms. The van der Waals surface area contributed by atoms with E-state index in [-0.39, 0.29) is 4.90 Å². The monoisotopic (exact) mass is 182 g/mol. The predicted molar refractivity (Wildman–Crippen MR) is 43.9 cm³/mol. The molecule has 0 saturated heterocycles. The molecular weight excluding hydrogens is 176 g/mol. The van der Waals surface area contributed by atoms with Crippen LogP contribution in [0.4, 0.5) is 0 Å². The molecule has 0 spiro atoms. The van der Waals surface area contributed by atoms with Crippen LogP contribution in [0.5, 0.6) is 0 Å². The van der Waals surface area contributed by atoms with Gasteiger partial charge in [-0.3, -0.25) is 0 Å². The van der Waals surface area contributed by atoms with Gasteiger partial charge in [0.15, 0.2) is 0 Å². The van der Waals surface area contributed by atoms with Crippen LogP contribution >= 0.6 is 0 Å². The Morgan fingerprint density at radius 2 is 1.75 bits per heavy atom. The van der Waals surface area contributed by atoms with Crippen LogP contribution in [0.15, 0.2) is 40.6 Å². The molecule has 0 aliphatic carbocycles. The van der Waals surface area contributed by atoms with Crippen LogP contribution in [0.1, 0.15) is 0 Å². The minimum atomic E-state index is -3.56. The summed E-state index contributed by atoms with van der Waals surface area (Å²) in [6, 6.07) is 7.72. The van der Waals surface area contributed by atoms with Crippen molar-refractivity contribution in [1.29, 1.82) is 0 Å². The molecule has 0 heterocycles. The smallest absolute Gasteiger partial charge is 0.210 e. The Bertz CT molecular complexity index is 399. The fourth-order valence-electron chi connectivity index (χ4n) is 0.742. The van der Waals surface area contributed by atoms with Gasteiger partial charge in [0.1, 0.15) is 11.3 Å². The summed E-state index contributed by atoms with van der Waals surface area (Å²) in [5.41, 5.74) is 0.